The van der Waals surface area contributed by atoms with Crippen LogP contribution in [-0.4, -0.2) is 33.0 Å². The van der Waals surface area contributed by atoms with E-state index in [0.29, 0.717) is 18.7 Å². The Hall–Kier alpha value is -0.0900. The monoisotopic (exact) mass is 179 g/mol. The maximum atomic E-state index is 11.3. The molecule has 1 unspecified atom stereocenters. The average Bonchev–Trinajstić information content (AvgIpc) is 1.88. The van der Waals surface area contributed by atoms with Gasteiger partial charge in [0, 0.05) is 6.54 Å². The van der Waals surface area contributed by atoms with Crippen molar-refractivity contribution < 1.29 is 8.42 Å². The molecule has 0 bridgehead atoms. The van der Waals surface area contributed by atoms with Crippen LogP contribution in [0.5, 0.6) is 0 Å². The largest absolute Gasteiger partial charge is 0.318 e. The van der Waals surface area contributed by atoms with Crippen LogP contribution < -0.4 is 5.32 Å². The smallest absolute Gasteiger partial charge is 0.154 e. The predicted octanol–water partition coefficient (Wildman–Crippen LogP) is 0.419. The second-order valence-corrected chi connectivity index (χ2v) is 5.27. The van der Waals surface area contributed by atoms with Gasteiger partial charge in [-0.25, -0.2) is 8.42 Å². The van der Waals surface area contributed by atoms with E-state index in [1.807, 2.05) is 6.92 Å². The van der Waals surface area contributed by atoms with Gasteiger partial charge in [0.1, 0.15) is 0 Å². The van der Waals surface area contributed by atoms with E-state index in [9.17, 15) is 8.42 Å². The topological polar surface area (TPSA) is 46.2 Å². The molecule has 0 aromatic carbocycles. The lowest BCUT2D eigenvalue weighted by molar-refractivity contribution is 0.577. The van der Waals surface area contributed by atoms with E-state index in [4.69, 9.17) is 0 Å². The SMILES string of the molecule is CCCS(=O)(=O)C(C)CNC. The predicted molar refractivity (Wildman–Crippen MR) is 47.5 cm³/mol. The van der Waals surface area contributed by atoms with Crippen LogP contribution >= 0.6 is 0 Å². The Kier molecular flexibility index (Phi) is 4.68. The molecule has 0 saturated heterocycles. The van der Waals surface area contributed by atoms with Crippen molar-refractivity contribution in [2.24, 2.45) is 0 Å². The van der Waals surface area contributed by atoms with Crippen LogP contribution in [-0.2, 0) is 9.84 Å². The maximum absolute atomic E-state index is 11.3. The van der Waals surface area contributed by atoms with Crippen molar-refractivity contribution in [3.8, 4) is 0 Å². The molecule has 0 aromatic heterocycles. The third kappa shape index (κ3) is 3.72. The second-order valence-electron chi connectivity index (χ2n) is 2.74. The zero-order valence-corrected chi connectivity index (χ0v) is 8.24. The molecule has 0 aliphatic rings. The number of rotatable bonds is 5. The van der Waals surface area contributed by atoms with Gasteiger partial charge in [0.25, 0.3) is 0 Å². The highest BCUT2D eigenvalue weighted by Gasteiger charge is 2.17. The summed E-state index contributed by atoms with van der Waals surface area (Å²) in [6.45, 7) is 4.16. The van der Waals surface area contributed by atoms with Gasteiger partial charge in [-0.3, -0.25) is 0 Å². The highest BCUT2D eigenvalue weighted by molar-refractivity contribution is 7.92. The summed E-state index contributed by atoms with van der Waals surface area (Å²) in [6, 6.07) is 0. The zero-order valence-electron chi connectivity index (χ0n) is 7.42. The molecule has 0 amide bonds. The van der Waals surface area contributed by atoms with E-state index in [2.05, 4.69) is 5.32 Å². The average molecular weight is 179 g/mol. The molecular formula is C7H17NO2S. The van der Waals surface area contributed by atoms with Gasteiger partial charge in [-0.05, 0) is 20.4 Å². The number of nitrogens with one attached hydrogen (secondary N) is 1. The molecule has 1 N–H and O–H groups in total. The third-order valence-electron chi connectivity index (χ3n) is 1.59. The van der Waals surface area contributed by atoms with Gasteiger partial charge >= 0.3 is 0 Å². The van der Waals surface area contributed by atoms with E-state index in [0.717, 1.165) is 0 Å². The van der Waals surface area contributed by atoms with Crippen molar-refractivity contribution in [3.63, 3.8) is 0 Å². The van der Waals surface area contributed by atoms with Crippen molar-refractivity contribution in [1.29, 1.82) is 0 Å². The Morgan fingerprint density at radius 3 is 2.36 bits per heavy atom. The highest BCUT2D eigenvalue weighted by Crippen LogP contribution is 2.01. The summed E-state index contributed by atoms with van der Waals surface area (Å²) in [4.78, 5) is 0. The van der Waals surface area contributed by atoms with Crippen molar-refractivity contribution in [1.82, 2.24) is 5.32 Å². The van der Waals surface area contributed by atoms with Crippen LogP contribution in [0, 0.1) is 0 Å². The molecule has 0 aliphatic carbocycles. The second kappa shape index (κ2) is 4.72. The molecule has 0 radical (unpaired) electrons. The zero-order chi connectivity index (χ0) is 8.91. The van der Waals surface area contributed by atoms with Crippen LogP contribution in [0.3, 0.4) is 0 Å². The molecular weight excluding hydrogens is 162 g/mol. The summed E-state index contributed by atoms with van der Waals surface area (Å²) in [5.41, 5.74) is 0. The molecule has 1 atom stereocenters. The lowest BCUT2D eigenvalue weighted by Gasteiger charge is -2.10. The molecule has 0 fully saturated rings. The lowest BCUT2D eigenvalue weighted by atomic mass is 10.5. The van der Waals surface area contributed by atoms with E-state index < -0.39 is 9.84 Å². The Labute approximate surface area is 69.1 Å². The highest BCUT2D eigenvalue weighted by atomic mass is 32.2. The molecule has 0 spiro atoms. The molecule has 0 aliphatic heterocycles. The molecule has 0 saturated carbocycles. The summed E-state index contributed by atoms with van der Waals surface area (Å²) < 4.78 is 22.6. The normalized spacial score (nSPS) is 14.8. The fraction of sp³-hybridized carbons (Fsp3) is 1.00. The van der Waals surface area contributed by atoms with E-state index >= 15 is 0 Å². The molecule has 0 heterocycles. The van der Waals surface area contributed by atoms with Crippen molar-refractivity contribution in [3.05, 3.63) is 0 Å². The molecule has 11 heavy (non-hydrogen) atoms. The van der Waals surface area contributed by atoms with Crippen LogP contribution in [0.2, 0.25) is 0 Å². The first-order valence-corrected chi connectivity index (χ1v) is 5.62. The van der Waals surface area contributed by atoms with Crippen molar-refractivity contribution in [2.75, 3.05) is 19.3 Å². The first-order chi connectivity index (χ1) is 5.04. The van der Waals surface area contributed by atoms with Gasteiger partial charge in [-0.2, -0.15) is 0 Å². The summed E-state index contributed by atoms with van der Waals surface area (Å²) in [7, 11) is -1.07. The van der Waals surface area contributed by atoms with Crippen molar-refractivity contribution >= 4 is 9.84 Å². The first kappa shape index (κ1) is 10.9. The fourth-order valence-electron chi connectivity index (χ4n) is 0.900. The Morgan fingerprint density at radius 2 is 2.00 bits per heavy atom. The minimum absolute atomic E-state index is 0.257. The molecule has 0 aromatic rings. The number of sulfone groups is 1. The quantitative estimate of drug-likeness (QED) is 0.665. The minimum Gasteiger partial charge on any atom is -0.318 e. The van der Waals surface area contributed by atoms with E-state index in [-0.39, 0.29) is 5.25 Å². The van der Waals surface area contributed by atoms with Gasteiger partial charge < -0.3 is 5.32 Å². The van der Waals surface area contributed by atoms with Gasteiger partial charge in [-0.15, -0.1) is 0 Å². The molecule has 4 heteroatoms. The van der Waals surface area contributed by atoms with Crippen molar-refractivity contribution in [2.45, 2.75) is 25.5 Å². The number of hydrogen-bond donors (Lipinski definition) is 1. The number of hydrogen-bond acceptors (Lipinski definition) is 3. The molecule has 3 nitrogen and oxygen atoms in total. The Balaban J connectivity index is 4.07. The minimum atomic E-state index is -2.84. The Morgan fingerprint density at radius 1 is 1.45 bits per heavy atom. The van der Waals surface area contributed by atoms with E-state index in [1.54, 1.807) is 14.0 Å². The van der Waals surface area contributed by atoms with E-state index in [1.165, 1.54) is 0 Å². The first-order valence-electron chi connectivity index (χ1n) is 3.90. The standard InChI is InChI=1S/C7H17NO2S/c1-4-5-11(9,10)7(2)6-8-3/h7-8H,4-6H2,1-3H3. The lowest BCUT2D eigenvalue weighted by Crippen LogP contribution is -2.30. The summed E-state index contributed by atoms with van der Waals surface area (Å²) in [5.74, 6) is 0.301. The van der Waals surface area contributed by atoms with Gasteiger partial charge in [-0.1, -0.05) is 6.92 Å². The third-order valence-corrected chi connectivity index (χ3v) is 3.96. The summed E-state index contributed by atoms with van der Waals surface area (Å²) >= 11 is 0. The van der Waals surface area contributed by atoms with Gasteiger partial charge in [0.2, 0.25) is 0 Å². The van der Waals surface area contributed by atoms with Crippen LogP contribution in [0.4, 0.5) is 0 Å². The van der Waals surface area contributed by atoms with Crippen LogP contribution in [0.15, 0.2) is 0 Å². The molecule has 0 rings (SSSR count). The summed E-state index contributed by atoms with van der Waals surface area (Å²) in [5, 5.41) is 2.60. The summed E-state index contributed by atoms with van der Waals surface area (Å²) in [6.07, 6.45) is 0.705. The van der Waals surface area contributed by atoms with Crippen LogP contribution in [0.25, 0.3) is 0 Å². The fourth-order valence-corrected chi connectivity index (χ4v) is 2.29. The molecule has 68 valence electrons. The van der Waals surface area contributed by atoms with Gasteiger partial charge in [0.05, 0.1) is 11.0 Å². The Bertz CT molecular complexity index is 187. The van der Waals surface area contributed by atoms with Gasteiger partial charge in [0.15, 0.2) is 9.84 Å². The maximum Gasteiger partial charge on any atom is 0.154 e. The van der Waals surface area contributed by atoms with Crippen LogP contribution in [0.1, 0.15) is 20.3 Å².